The number of aliphatic hydroxyl groups is 1. The molecule has 0 aromatic heterocycles. The fraction of sp³-hybridized carbons (Fsp3) is 0.302. The van der Waals surface area contributed by atoms with Crippen molar-refractivity contribution in [1.82, 2.24) is 0 Å². The zero-order valence-corrected chi connectivity index (χ0v) is 29.0. The number of hydrogen-bond donors (Lipinski definition) is 1. The van der Waals surface area contributed by atoms with Crippen molar-refractivity contribution >= 4 is 11.6 Å². The molecular formula is C43H42ClFO7. The zero-order valence-electron chi connectivity index (χ0n) is 33.3. The minimum Gasteiger partial charge on any atom is -0.491 e. The van der Waals surface area contributed by atoms with E-state index >= 15 is 4.39 Å². The Bertz CT molecular complexity index is 2110. The van der Waals surface area contributed by atoms with Gasteiger partial charge in [0.05, 0.1) is 42.3 Å². The Morgan fingerprint density at radius 2 is 1.40 bits per heavy atom. The Balaban J connectivity index is 1.26. The molecule has 2 aliphatic heterocycles. The zero-order chi connectivity index (χ0) is 40.3. The van der Waals surface area contributed by atoms with E-state index in [1.54, 1.807) is 18.2 Å². The topological polar surface area (TPSA) is 75.6 Å². The smallest absolute Gasteiger partial charge is 0.225 e. The third-order valence-corrected chi connectivity index (χ3v) is 9.84. The van der Waals surface area contributed by atoms with Crippen molar-refractivity contribution in [1.29, 1.82) is 0 Å². The first-order valence-electron chi connectivity index (χ1n) is 19.5. The first kappa shape index (κ1) is 30.4. The van der Waals surface area contributed by atoms with Crippen molar-refractivity contribution < 1.29 is 44.8 Å². The van der Waals surface area contributed by atoms with E-state index in [9.17, 15) is 5.11 Å². The molecule has 2 bridgehead atoms. The molecule has 2 aliphatic rings. The summed E-state index contributed by atoms with van der Waals surface area (Å²) >= 11 is 6.77. The van der Waals surface area contributed by atoms with Crippen molar-refractivity contribution in [2.45, 2.75) is 62.8 Å². The molecule has 0 spiro atoms. The molecule has 5 aromatic rings. The molecule has 5 aromatic carbocycles. The lowest BCUT2D eigenvalue weighted by atomic mass is 9.83. The summed E-state index contributed by atoms with van der Waals surface area (Å²) < 4.78 is 91.8. The maximum absolute atomic E-state index is 15.3. The molecule has 2 fully saturated rings. The average Bonchev–Trinajstić information content (AvgIpc) is 3.56. The summed E-state index contributed by atoms with van der Waals surface area (Å²) in [5.74, 6) is -3.12. The van der Waals surface area contributed by atoms with Gasteiger partial charge in [-0.3, -0.25) is 0 Å². The van der Waals surface area contributed by atoms with Crippen LogP contribution in [-0.4, -0.2) is 48.8 Å². The average molecular weight is 730 g/mol. The van der Waals surface area contributed by atoms with Gasteiger partial charge in [0.15, 0.2) is 11.6 Å². The van der Waals surface area contributed by atoms with E-state index in [0.717, 1.165) is 22.8 Å². The minimum absolute atomic E-state index is 0.0618. The summed E-state index contributed by atoms with van der Waals surface area (Å²) in [6, 6.07) is 38.0. The number of benzene rings is 5. The van der Waals surface area contributed by atoms with E-state index in [2.05, 4.69) is 0 Å². The molecule has 0 radical (unpaired) electrons. The summed E-state index contributed by atoms with van der Waals surface area (Å²) in [4.78, 5) is 0. The van der Waals surface area contributed by atoms with Gasteiger partial charge in [0.2, 0.25) is 5.79 Å². The van der Waals surface area contributed by atoms with Crippen LogP contribution in [0.15, 0.2) is 127 Å². The van der Waals surface area contributed by atoms with Crippen LogP contribution in [0.25, 0.3) is 0 Å². The van der Waals surface area contributed by atoms with E-state index in [1.165, 1.54) is 12.1 Å². The van der Waals surface area contributed by atoms with Gasteiger partial charge in [-0.2, -0.15) is 0 Å². The second-order valence-corrected chi connectivity index (χ2v) is 13.3. The van der Waals surface area contributed by atoms with Crippen LogP contribution >= 0.6 is 11.6 Å². The van der Waals surface area contributed by atoms with Crippen molar-refractivity contribution in [2.75, 3.05) is 19.8 Å². The molecular weight excluding hydrogens is 683 g/mol. The monoisotopic (exact) mass is 729 g/mol. The number of rotatable bonds is 15. The molecule has 2 saturated heterocycles. The lowest BCUT2D eigenvalue weighted by Gasteiger charge is -2.50. The molecule has 0 unspecified atom stereocenters. The second-order valence-electron chi connectivity index (χ2n) is 12.9. The summed E-state index contributed by atoms with van der Waals surface area (Å²) in [6.45, 7) is -6.20. The standard InChI is InChI=1S/C43H42ClFO7/c1-2-47-38-21-18-33(23-37(38)45)22-34-24-35(19-20-36(34)44)43-41(50-27-32-16-10-5-11-17-32)39(48-25-30-12-6-3-7-13-30)40(42(28-46,52-43)29-51-43)49-26-31-14-8-4-9-15-31/h3-21,23-24,39-41,46H,2,22,25-29H2,1H3/t39-,40-,41+,42-,43-/m0/s1/i1D3,2D2. The molecule has 1 N–H and O–H groups in total. The van der Waals surface area contributed by atoms with E-state index in [4.69, 9.17) is 46.9 Å². The van der Waals surface area contributed by atoms with Gasteiger partial charge in [-0.05, 0) is 65.4 Å². The first-order valence-corrected chi connectivity index (χ1v) is 17.4. The predicted molar refractivity (Wildman–Crippen MR) is 195 cm³/mol. The fourth-order valence-corrected chi connectivity index (χ4v) is 7.06. The highest BCUT2D eigenvalue weighted by Crippen LogP contribution is 2.53. The SMILES string of the molecule is [2H]C([2H])([2H])C([2H])([2H])Oc1ccc(Cc2cc([C@]34OC[C@](CO)(O3)[C@@H](OCc3ccccc3)[C@H](OCc3ccccc3)[C@H]4OCc3ccccc3)ccc2Cl)cc1F. The Hall–Kier alpha value is -4.12. The van der Waals surface area contributed by atoms with Gasteiger partial charge in [-0.1, -0.05) is 115 Å². The Morgan fingerprint density at radius 1 is 0.788 bits per heavy atom. The molecule has 7 rings (SSSR count). The molecule has 270 valence electrons. The third-order valence-electron chi connectivity index (χ3n) is 9.47. The highest BCUT2D eigenvalue weighted by Gasteiger charge is 2.69. The van der Waals surface area contributed by atoms with E-state index in [-0.39, 0.29) is 32.8 Å². The van der Waals surface area contributed by atoms with Crippen LogP contribution in [0, 0.1) is 5.82 Å². The summed E-state index contributed by atoms with van der Waals surface area (Å²) in [5.41, 5.74) is 2.88. The molecule has 7 nitrogen and oxygen atoms in total. The van der Waals surface area contributed by atoms with Crippen molar-refractivity contribution in [3.8, 4) is 5.75 Å². The quantitative estimate of drug-likeness (QED) is 0.117. The summed E-state index contributed by atoms with van der Waals surface area (Å²) in [5, 5.41) is 11.5. The predicted octanol–water partition coefficient (Wildman–Crippen LogP) is 8.17. The van der Waals surface area contributed by atoms with Gasteiger partial charge in [0, 0.05) is 14.7 Å². The highest BCUT2D eigenvalue weighted by molar-refractivity contribution is 6.31. The first-order chi connectivity index (χ1) is 27.3. The van der Waals surface area contributed by atoms with Crippen LogP contribution in [0.5, 0.6) is 5.75 Å². The second kappa shape index (κ2) is 16.3. The summed E-state index contributed by atoms with van der Waals surface area (Å²) in [6.07, 6.45) is -2.53. The lowest BCUT2D eigenvalue weighted by molar-refractivity contribution is -0.353. The van der Waals surface area contributed by atoms with Gasteiger partial charge in [-0.25, -0.2) is 4.39 Å². The van der Waals surface area contributed by atoms with Crippen LogP contribution in [0.4, 0.5) is 4.39 Å². The Kier molecular flexibility index (Phi) is 9.50. The van der Waals surface area contributed by atoms with Crippen LogP contribution in [0.1, 0.15) is 47.1 Å². The lowest BCUT2D eigenvalue weighted by Crippen LogP contribution is -2.67. The number of halogens is 2. The third kappa shape index (κ3) is 7.65. The molecule has 52 heavy (non-hydrogen) atoms. The Morgan fingerprint density at radius 3 is 2.00 bits per heavy atom. The Labute approximate surface area is 315 Å². The molecule has 2 heterocycles. The van der Waals surface area contributed by atoms with Crippen molar-refractivity contribution in [2.24, 2.45) is 0 Å². The minimum atomic E-state index is -3.13. The summed E-state index contributed by atoms with van der Waals surface area (Å²) in [7, 11) is 0. The number of hydrogen-bond acceptors (Lipinski definition) is 7. The van der Waals surface area contributed by atoms with Crippen LogP contribution in [0.2, 0.25) is 5.02 Å². The van der Waals surface area contributed by atoms with Crippen LogP contribution < -0.4 is 4.74 Å². The molecule has 0 saturated carbocycles. The van der Waals surface area contributed by atoms with E-state index in [1.807, 2.05) is 91.0 Å². The van der Waals surface area contributed by atoms with Gasteiger partial charge < -0.3 is 33.5 Å². The number of ether oxygens (including phenoxy) is 6. The number of fused-ring (bicyclic) bond motifs is 2. The maximum Gasteiger partial charge on any atom is 0.225 e. The van der Waals surface area contributed by atoms with Crippen molar-refractivity contribution in [3.05, 3.63) is 172 Å². The normalized spacial score (nSPS) is 25.8. The van der Waals surface area contributed by atoms with Gasteiger partial charge in [-0.15, -0.1) is 0 Å². The highest BCUT2D eigenvalue weighted by atomic mass is 35.5. The largest absolute Gasteiger partial charge is 0.491 e. The van der Waals surface area contributed by atoms with Gasteiger partial charge >= 0.3 is 0 Å². The van der Waals surface area contributed by atoms with Crippen LogP contribution in [-0.2, 0) is 55.7 Å². The van der Waals surface area contributed by atoms with E-state index in [0.29, 0.717) is 21.7 Å². The van der Waals surface area contributed by atoms with Crippen LogP contribution in [0.3, 0.4) is 0 Å². The molecule has 5 atom stereocenters. The molecule has 0 amide bonds. The van der Waals surface area contributed by atoms with Gasteiger partial charge in [0.1, 0.15) is 23.9 Å². The molecule has 0 aliphatic carbocycles. The fourth-order valence-electron chi connectivity index (χ4n) is 6.87. The van der Waals surface area contributed by atoms with Crippen molar-refractivity contribution in [3.63, 3.8) is 0 Å². The maximum atomic E-state index is 15.3. The van der Waals surface area contributed by atoms with E-state index < -0.39 is 61.3 Å². The number of aliphatic hydroxyl groups excluding tert-OH is 1. The van der Waals surface area contributed by atoms with Gasteiger partial charge in [0.25, 0.3) is 0 Å². The molecule has 9 heteroatoms.